The molecule has 9 rings (SSSR count). The third kappa shape index (κ3) is 11.5. The molecule has 0 spiro atoms. The Morgan fingerprint density at radius 1 is 0.512 bits per heavy atom. The molecule has 0 unspecified atom stereocenters. The lowest BCUT2D eigenvalue weighted by atomic mass is 9.82. The Morgan fingerprint density at radius 2 is 0.952 bits per heavy atom. The molecule has 0 radical (unpaired) electrons. The molecule has 29 nitrogen and oxygen atoms in total. The number of aryl methyl sites for hydroxylation is 1. The van der Waals surface area contributed by atoms with Gasteiger partial charge in [-0.1, -0.05) is 42.0 Å². The first-order chi connectivity index (χ1) is 39.5. The van der Waals surface area contributed by atoms with Crippen LogP contribution in [0.4, 0.5) is 62.6 Å². The maximum Gasteiger partial charge on any atom is 0.299 e. The second-order valence-electron chi connectivity index (χ2n) is 18.1. The summed E-state index contributed by atoms with van der Waals surface area (Å²) in [5.41, 5.74) is 8.20. The maximum absolute atomic E-state index is 14.5. The molecule has 430 valence electrons. The quantitative estimate of drug-likeness (QED) is 0.0123. The van der Waals surface area contributed by atoms with Crippen LogP contribution < -0.4 is 11.5 Å². The van der Waals surface area contributed by atoms with Gasteiger partial charge in [-0.25, -0.2) is 0 Å². The van der Waals surface area contributed by atoms with Crippen molar-refractivity contribution in [1.82, 2.24) is 0 Å². The third-order valence-corrected chi connectivity index (χ3v) is 16.6. The van der Waals surface area contributed by atoms with E-state index in [0.717, 1.165) is 32.4 Å². The lowest BCUT2D eigenvalue weighted by Crippen LogP contribution is -2.21. The van der Waals surface area contributed by atoms with Gasteiger partial charge in [0.15, 0.2) is 23.1 Å². The number of ketones is 2. The number of fused-ring (bicyclic) bond motifs is 4. The van der Waals surface area contributed by atoms with Crippen LogP contribution in [-0.4, -0.2) is 83.7 Å². The van der Waals surface area contributed by atoms with Crippen molar-refractivity contribution < 1.29 is 75.9 Å². The van der Waals surface area contributed by atoms with Gasteiger partial charge in [-0.2, -0.15) is 38.8 Å². The summed E-state index contributed by atoms with van der Waals surface area (Å²) in [7, 11) is -17.3. The molecular formula is C51H39N11O18S4. The van der Waals surface area contributed by atoms with Gasteiger partial charge in [0.05, 0.1) is 69.5 Å². The molecule has 33 heteroatoms. The van der Waals surface area contributed by atoms with Crippen LogP contribution in [0.3, 0.4) is 0 Å². The Balaban J connectivity index is 1.10. The highest BCUT2D eigenvalue weighted by Gasteiger charge is 2.35. The van der Waals surface area contributed by atoms with Crippen molar-refractivity contribution in [2.75, 3.05) is 25.7 Å². The molecule has 1 aliphatic rings. The predicted octanol–water partition coefficient (Wildman–Crippen LogP) is 10.7. The molecule has 1 aliphatic carbocycles. The third-order valence-electron chi connectivity index (χ3n) is 12.7. The molecule has 0 atom stereocenters. The number of benzene rings is 8. The maximum atomic E-state index is 14.5. The van der Waals surface area contributed by atoms with Crippen LogP contribution in [-0.2, 0) is 60.3 Å². The minimum atomic E-state index is -4.90. The van der Waals surface area contributed by atoms with Gasteiger partial charge in [0.1, 0.15) is 38.4 Å². The van der Waals surface area contributed by atoms with Crippen LogP contribution in [0.15, 0.2) is 160 Å². The van der Waals surface area contributed by atoms with E-state index in [1.54, 1.807) is 13.0 Å². The zero-order chi connectivity index (χ0) is 61.0. The Labute approximate surface area is 474 Å². The fourth-order valence-corrected chi connectivity index (χ4v) is 11.8. The number of nitrogens with two attached hydrogens (primary N) is 2. The second-order valence-corrected chi connectivity index (χ2v) is 24.4. The van der Waals surface area contributed by atoms with Gasteiger partial charge in [0, 0.05) is 51.0 Å². The molecule has 0 heterocycles. The molecule has 8 N–H and O–H groups in total. The molecule has 0 aliphatic heterocycles. The summed E-state index contributed by atoms with van der Waals surface area (Å²) < 4.78 is 130. The molecule has 8 aromatic rings. The Morgan fingerprint density at radius 3 is 1.48 bits per heavy atom. The van der Waals surface area contributed by atoms with E-state index in [9.17, 15) is 72.7 Å². The van der Waals surface area contributed by atoms with Gasteiger partial charge >= 0.3 is 0 Å². The standard InChI is InChI=1S/C51H39N11O18S4/c1-24-10-14-34(25(18-24)22-81(69,70)71)54-55-35-16-12-32(52)42-30(35)19-26(23-82(72,73)74)46(50(42)65)60-58-38-8-4-6-28-44(38)48(63)29-7-5-9-39(45(29)49(28)64)59-61-47-41(84(77,78)80-3)21-31-36(17-13-33(53)43(31)51(47)66)56-57-37-15-11-27(62(67)68)20-40(37)83(75,76)79-2/h4-21,65-66H,22-23,52-53H2,1-3H3,(H,69,70,71)(H,72,73,74). The number of hydrogen-bond acceptors (Lipinski definition) is 26. The molecular weight excluding hydrogens is 1180 g/mol. The highest BCUT2D eigenvalue weighted by Crippen LogP contribution is 2.49. The van der Waals surface area contributed by atoms with Crippen LogP contribution in [0.1, 0.15) is 48.5 Å². The first-order valence-electron chi connectivity index (χ1n) is 23.6. The summed E-state index contributed by atoms with van der Waals surface area (Å²) in [5, 5.41) is 67.1. The van der Waals surface area contributed by atoms with E-state index in [4.69, 9.17) is 15.7 Å². The average molecular weight is 1220 g/mol. The SMILES string of the molecule is COS(=O)(=O)c1cc([N+](=O)[O-])ccc1N=Nc1ccc(N)c2c(O)c(N=Nc3cccc4c3C(=O)c3cccc(N=Nc5c(CS(=O)(=O)O)cc6c(N=Nc7ccc(C)cc7CS(=O)(=O)O)ccc(N)c6c5O)c3C4=O)c(S(=O)(=O)OC)cc12. The minimum absolute atomic E-state index is 0.0219. The van der Waals surface area contributed by atoms with Gasteiger partial charge in [0.25, 0.3) is 46.2 Å². The molecule has 0 amide bonds. The van der Waals surface area contributed by atoms with E-state index in [0.29, 0.717) is 11.6 Å². The second kappa shape index (κ2) is 22.2. The number of hydrogen-bond donors (Lipinski definition) is 6. The number of carbonyl (C=O) groups excluding carboxylic acids is 2. The van der Waals surface area contributed by atoms with E-state index >= 15 is 0 Å². The number of nitro benzene ring substituents is 1. The fourth-order valence-electron chi connectivity index (χ4n) is 8.90. The summed E-state index contributed by atoms with van der Waals surface area (Å²) in [6.07, 6.45) is 0. The number of rotatable bonds is 17. The van der Waals surface area contributed by atoms with E-state index in [1.807, 2.05) is 0 Å². The van der Waals surface area contributed by atoms with Crippen LogP contribution in [0, 0.1) is 17.0 Å². The van der Waals surface area contributed by atoms with Crippen molar-refractivity contribution >= 4 is 136 Å². The summed E-state index contributed by atoms with van der Waals surface area (Å²) >= 11 is 0. The highest BCUT2D eigenvalue weighted by molar-refractivity contribution is 7.87. The molecule has 0 saturated carbocycles. The van der Waals surface area contributed by atoms with Gasteiger partial charge in [-0.3, -0.25) is 37.2 Å². The predicted molar refractivity (Wildman–Crippen MR) is 300 cm³/mol. The fraction of sp³-hybridized carbons (Fsp3) is 0.0980. The van der Waals surface area contributed by atoms with Crippen molar-refractivity contribution in [3.63, 3.8) is 0 Å². The number of phenolic OH excluding ortho intramolecular Hbond substituents is 2. The number of aromatic hydroxyl groups is 2. The number of nitrogen functional groups attached to an aromatic ring is 2. The van der Waals surface area contributed by atoms with Crippen molar-refractivity contribution in [2.24, 2.45) is 40.9 Å². The molecule has 0 saturated heterocycles. The first-order valence-corrected chi connectivity index (χ1v) is 29.6. The molecule has 8 aromatic carbocycles. The van der Waals surface area contributed by atoms with Crippen molar-refractivity contribution in [3.05, 3.63) is 158 Å². The van der Waals surface area contributed by atoms with E-state index in [1.165, 1.54) is 78.9 Å². The van der Waals surface area contributed by atoms with Gasteiger partial charge in [-0.15, -0.1) is 35.8 Å². The number of azo groups is 4. The Hall–Kier alpha value is -9.74. The summed E-state index contributed by atoms with van der Waals surface area (Å²) in [6, 6.07) is 22.0. The van der Waals surface area contributed by atoms with Crippen molar-refractivity contribution in [3.8, 4) is 11.5 Å². The molecule has 0 fully saturated rings. The largest absolute Gasteiger partial charge is 0.505 e. The van der Waals surface area contributed by atoms with E-state index < -0.39 is 113 Å². The minimum Gasteiger partial charge on any atom is -0.505 e. The summed E-state index contributed by atoms with van der Waals surface area (Å²) in [5.74, 6) is -5.36. The van der Waals surface area contributed by atoms with Gasteiger partial charge < -0.3 is 21.7 Å². The number of non-ortho nitro benzene ring substituents is 1. The van der Waals surface area contributed by atoms with Crippen LogP contribution in [0.25, 0.3) is 21.5 Å². The molecule has 0 aromatic heterocycles. The average Bonchev–Trinajstić information content (AvgIpc) is 1.12. The van der Waals surface area contributed by atoms with Crippen LogP contribution >= 0.6 is 0 Å². The Bertz CT molecular complexity index is 4820. The van der Waals surface area contributed by atoms with Crippen LogP contribution in [0.5, 0.6) is 11.5 Å². The first kappa shape index (κ1) is 58.9. The van der Waals surface area contributed by atoms with E-state index in [2.05, 4.69) is 45.1 Å². The van der Waals surface area contributed by atoms with Crippen molar-refractivity contribution in [2.45, 2.75) is 28.2 Å². The van der Waals surface area contributed by atoms with E-state index in [-0.39, 0.29) is 94.7 Å². The topological polar surface area (TPSA) is 464 Å². The number of nitro groups is 1. The lowest BCUT2D eigenvalue weighted by molar-refractivity contribution is -0.385. The van der Waals surface area contributed by atoms with Gasteiger partial charge in [0.2, 0.25) is 0 Å². The normalized spacial score (nSPS) is 13.3. The number of phenols is 2. The highest BCUT2D eigenvalue weighted by atomic mass is 32.2. The van der Waals surface area contributed by atoms with Gasteiger partial charge in [-0.05, 0) is 73.2 Å². The summed E-state index contributed by atoms with van der Waals surface area (Å²) in [6.45, 7) is 1.68. The van der Waals surface area contributed by atoms with Crippen molar-refractivity contribution in [1.29, 1.82) is 0 Å². The zero-order valence-electron chi connectivity index (χ0n) is 43.1. The Kier molecular flexibility index (Phi) is 15.6. The zero-order valence-corrected chi connectivity index (χ0v) is 46.4. The van der Waals surface area contributed by atoms with Crippen LogP contribution in [0.2, 0.25) is 0 Å². The number of carbonyl (C=O) groups is 2. The molecule has 0 bridgehead atoms. The summed E-state index contributed by atoms with van der Waals surface area (Å²) in [4.78, 5) is 38.1. The molecule has 84 heavy (non-hydrogen) atoms. The number of nitrogens with zero attached hydrogens (tertiary/aromatic N) is 9. The lowest BCUT2D eigenvalue weighted by Gasteiger charge is -2.19. The number of anilines is 2. The smallest absolute Gasteiger partial charge is 0.299 e. The monoisotopic (exact) mass is 1220 g/mol.